The van der Waals surface area contributed by atoms with E-state index in [1.165, 1.54) is 24.3 Å². The van der Waals surface area contributed by atoms with Gasteiger partial charge in [-0.15, -0.1) is 0 Å². The predicted molar refractivity (Wildman–Crippen MR) is 94.7 cm³/mol. The number of amides is 1. The fourth-order valence-corrected chi connectivity index (χ4v) is 3.84. The third kappa shape index (κ3) is 3.63. The molecule has 0 spiro atoms. The summed E-state index contributed by atoms with van der Waals surface area (Å²) in [5, 5.41) is 11.6. The van der Waals surface area contributed by atoms with Crippen molar-refractivity contribution >= 4 is 57.9 Å². The molecular weight excluding hydrogens is 373 g/mol. The summed E-state index contributed by atoms with van der Waals surface area (Å²) in [4.78, 5) is 25.2. The van der Waals surface area contributed by atoms with E-state index in [9.17, 15) is 19.1 Å². The highest BCUT2D eigenvalue weighted by atomic mass is 35.5. The van der Waals surface area contributed by atoms with Gasteiger partial charge in [0.1, 0.15) is 10.1 Å². The van der Waals surface area contributed by atoms with E-state index in [0.29, 0.717) is 6.42 Å². The van der Waals surface area contributed by atoms with Crippen LogP contribution in [0.15, 0.2) is 23.1 Å². The van der Waals surface area contributed by atoms with Crippen molar-refractivity contribution in [1.82, 2.24) is 4.90 Å². The van der Waals surface area contributed by atoms with E-state index in [-0.39, 0.29) is 25.7 Å². The third-order valence-corrected chi connectivity index (χ3v) is 5.46. The van der Waals surface area contributed by atoms with E-state index < -0.39 is 23.7 Å². The van der Waals surface area contributed by atoms with Crippen molar-refractivity contribution in [1.29, 1.82) is 0 Å². The van der Waals surface area contributed by atoms with Gasteiger partial charge < -0.3 is 9.90 Å². The maximum Gasteiger partial charge on any atom is 0.266 e. The average molecular weight is 387 g/mol. The lowest BCUT2D eigenvalue weighted by atomic mass is 9.98. The van der Waals surface area contributed by atoms with Gasteiger partial charge in [-0.1, -0.05) is 61.9 Å². The van der Waals surface area contributed by atoms with Crippen LogP contribution in [0.3, 0.4) is 0 Å². The maximum atomic E-state index is 13.9. The van der Waals surface area contributed by atoms with E-state index in [1.807, 2.05) is 6.92 Å². The number of thioether (sulfide) groups is 1. The van der Waals surface area contributed by atoms with Crippen molar-refractivity contribution in [2.75, 3.05) is 0 Å². The Balaban J connectivity index is 2.42. The molecule has 0 aromatic heterocycles. The number of halogens is 2. The minimum absolute atomic E-state index is 0.0632. The molecule has 4 nitrogen and oxygen atoms in total. The Kier molecular flexibility index (Phi) is 6.01. The van der Waals surface area contributed by atoms with Gasteiger partial charge in [0.15, 0.2) is 0 Å². The molecule has 2 rings (SSSR count). The molecule has 24 heavy (non-hydrogen) atoms. The van der Waals surface area contributed by atoms with Crippen molar-refractivity contribution in [3.8, 4) is 0 Å². The van der Waals surface area contributed by atoms with E-state index in [2.05, 4.69) is 0 Å². The van der Waals surface area contributed by atoms with Crippen LogP contribution in [0.5, 0.6) is 0 Å². The minimum atomic E-state index is -1.37. The Morgan fingerprint density at radius 3 is 2.75 bits per heavy atom. The highest BCUT2D eigenvalue weighted by molar-refractivity contribution is 8.26. The molecule has 1 fully saturated rings. The Hall–Kier alpha value is -1.44. The van der Waals surface area contributed by atoms with Gasteiger partial charge in [-0.25, -0.2) is 4.39 Å². The number of hydrogen-bond acceptors (Lipinski definition) is 5. The zero-order chi connectivity index (χ0) is 18.0. The number of carbonyl (C=O) groups is 2. The smallest absolute Gasteiger partial charge is 0.266 e. The standard InChI is InChI=1S/C16H15ClFNO3S2/c1-3-8(2)13(15(21)22)19-14(20)12(24-16(19)23)7-9-10(17)5-4-6-11(9)18/h4-8,13H,3H2,1-2H3,(H,21,22)/p-1/b12-7-/t8-,13-/m1/s1. The average Bonchev–Trinajstić information content (AvgIpc) is 2.78. The van der Waals surface area contributed by atoms with Crippen molar-refractivity contribution in [2.24, 2.45) is 5.92 Å². The molecule has 1 aliphatic rings. The van der Waals surface area contributed by atoms with E-state index in [0.717, 1.165) is 16.7 Å². The number of hydrogen-bond donors (Lipinski definition) is 0. The number of nitrogens with zero attached hydrogens (tertiary/aromatic N) is 1. The first-order valence-corrected chi connectivity index (χ1v) is 8.80. The van der Waals surface area contributed by atoms with Crippen molar-refractivity contribution in [3.05, 3.63) is 39.5 Å². The van der Waals surface area contributed by atoms with Crippen LogP contribution in [-0.4, -0.2) is 27.1 Å². The second-order valence-electron chi connectivity index (χ2n) is 5.34. The number of carboxylic acid groups (broad SMARTS) is 1. The third-order valence-electron chi connectivity index (χ3n) is 3.80. The second-order valence-corrected chi connectivity index (χ2v) is 7.42. The van der Waals surface area contributed by atoms with Crippen molar-refractivity contribution < 1.29 is 19.1 Å². The fourth-order valence-electron chi connectivity index (χ4n) is 2.31. The molecule has 1 aromatic carbocycles. The van der Waals surface area contributed by atoms with Crippen LogP contribution in [0.4, 0.5) is 4.39 Å². The van der Waals surface area contributed by atoms with Crippen LogP contribution >= 0.6 is 35.6 Å². The van der Waals surface area contributed by atoms with Crippen LogP contribution < -0.4 is 5.11 Å². The fraction of sp³-hybridized carbons (Fsp3) is 0.312. The number of rotatable bonds is 5. The van der Waals surface area contributed by atoms with Crippen LogP contribution in [0, 0.1) is 11.7 Å². The number of aliphatic carboxylic acids is 1. The largest absolute Gasteiger partial charge is 0.548 e. The van der Waals surface area contributed by atoms with Gasteiger partial charge >= 0.3 is 0 Å². The zero-order valence-electron chi connectivity index (χ0n) is 12.9. The summed E-state index contributed by atoms with van der Waals surface area (Å²) < 4.78 is 14.0. The number of benzene rings is 1. The molecule has 0 radical (unpaired) electrons. The predicted octanol–water partition coefficient (Wildman–Crippen LogP) is 2.84. The molecule has 0 N–H and O–H groups in total. The van der Waals surface area contributed by atoms with Crippen LogP contribution in [0.2, 0.25) is 5.02 Å². The van der Waals surface area contributed by atoms with Gasteiger partial charge in [-0.3, -0.25) is 9.69 Å². The number of carboxylic acids is 1. The summed E-state index contributed by atoms with van der Waals surface area (Å²) in [6, 6.07) is 3.02. The van der Waals surface area contributed by atoms with Gasteiger partial charge in [0.05, 0.1) is 21.9 Å². The molecule has 1 aliphatic heterocycles. The summed E-state index contributed by atoms with van der Waals surface area (Å²) in [7, 11) is 0. The first-order valence-electron chi connectivity index (χ1n) is 7.19. The van der Waals surface area contributed by atoms with Gasteiger partial charge in [0.25, 0.3) is 5.91 Å². The molecule has 0 aliphatic carbocycles. The van der Waals surface area contributed by atoms with Gasteiger partial charge in [-0.2, -0.15) is 0 Å². The topological polar surface area (TPSA) is 60.4 Å². The SMILES string of the molecule is CC[C@@H](C)[C@H](C(=O)[O-])N1C(=O)/C(=C/c2c(F)cccc2Cl)SC1=S. The summed E-state index contributed by atoms with van der Waals surface area (Å²) >= 11 is 12.0. The quantitative estimate of drug-likeness (QED) is 0.575. The monoisotopic (exact) mass is 386 g/mol. The molecule has 1 amide bonds. The first-order chi connectivity index (χ1) is 11.3. The van der Waals surface area contributed by atoms with Crippen molar-refractivity contribution in [3.63, 3.8) is 0 Å². The number of thiocarbonyl (C=S) groups is 1. The van der Waals surface area contributed by atoms with Crippen LogP contribution in [0.25, 0.3) is 6.08 Å². The van der Waals surface area contributed by atoms with E-state index in [4.69, 9.17) is 23.8 Å². The molecule has 2 atom stereocenters. The lowest BCUT2D eigenvalue weighted by Gasteiger charge is -2.32. The minimum Gasteiger partial charge on any atom is -0.548 e. The molecule has 0 unspecified atom stereocenters. The van der Waals surface area contributed by atoms with Crippen molar-refractivity contribution in [2.45, 2.75) is 26.3 Å². The summed E-state index contributed by atoms with van der Waals surface area (Å²) in [5.41, 5.74) is 0.0632. The molecule has 1 heterocycles. The molecule has 8 heteroatoms. The molecule has 0 saturated carbocycles. The van der Waals surface area contributed by atoms with E-state index >= 15 is 0 Å². The lowest BCUT2D eigenvalue weighted by Crippen LogP contribution is -2.53. The summed E-state index contributed by atoms with van der Waals surface area (Å²) in [5.74, 6) is -2.87. The Labute approximate surface area is 153 Å². The summed E-state index contributed by atoms with van der Waals surface area (Å²) in [6.07, 6.45) is 1.83. The molecule has 0 bridgehead atoms. The first kappa shape index (κ1) is 18.9. The number of carbonyl (C=O) groups excluding carboxylic acids is 2. The Morgan fingerprint density at radius 1 is 1.54 bits per heavy atom. The molecule has 1 saturated heterocycles. The zero-order valence-corrected chi connectivity index (χ0v) is 15.3. The second kappa shape index (κ2) is 7.63. The van der Waals surface area contributed by atoms with Gasteiger partial charge in [0, 0.05) is 5.56 Å². The molecule has 1 aromatic rings. The van der Waals surface area contributed by atoms with E-state index in [1.54, 1.807) is 6.92 Å². The Bertz CT molecular complexity index is 718. The van der Waals surface area contributed by atoms with Crippen LogP contribution in [-0.2, 0) is 9.59 Å². The Morgan fingerprint density at radius 2 is 2.21 bits per heavy atom. The highest BCUT2D eigenvalue weighted by Crippen LogP contribution is 2.37. The van der Waals surface area contributed by atoms with Gasteiger partial charge in [-0.05, 0) is 24.1 Å². The molecular formula is C16H14ClFNO3S2-. The highest BCUT2D eigenvalue weighted by Gasteiger charge is 2.39. The van der Waals surface area contributed by atoms with Crippen LogP contribution in [0.1, 0.15) is 25.8 Å². The van der Waals surface area contributed by atoms with Gasteiger partial charge in [0.2, 0.25) is 0 Å². The summed E-state index contributed by atoms with van der Waals surface area (Å²) in [6.45, 7) is 3.52. The lowest BCUT2D eigenvalue weighted by molar-refractivity contribution is -0.311. The molecule has 128 valence electrons. The maximum absolute atomic E-state index is 13.9. The normalized spacial score (nSPS) is 19.0.